The van der Waals surface area contributed by atoms with Crippen LogP contribution in [0.2, 0.25) is 5.02 Å². The Morgan fingerprint density at radius 3 is 2.57 bits per heavy atom. The molecular formula is C23H21ClFN5O3S2. The van der Waals surface area contributed by atoms with Gasteiger partial charge in [0.2, 0.25) is 15.0 Å². The number of piperazine rings is 1. The quantitative estimate of drug-likeness (QED) is 0.390. The molecule has 0 amide bonds. The maximum Gasteiger partial charge on any atom is 0.275 e. The van der Waals surface area contributed by atoms with Gasteiger partial charge in [0, 0.05) is 44.4 Å². The molecule has 1 aliphatic heterocycles. The van der Waals surface area contributed by atoms with E-state index in [9.17, 15) is 17.6 Å². The lowest BCUT2D eigenvalue weighted by Crippen LogP contribution is -2.48. The highest BCUT2D eigenvalue weighted by atomic mass is 35.5. The van der Waals surface area contributed by atoms with Gasteiger partial charge in [-0.25, -0.2) is 17.8 Å². The van der Waals surface area contributed by atoms with Gasteiger partial charge in [-0.2, -0.15) is 13.9 Å². The SMILES string of the molecule is Cc1cccc(-c2nn3c(=O)cc(CN4CCN(S(=O)(=O)c5ccc(F)c(Cl)c5)CC4)nc3s2)c1. The summed E-state index contributed by atoms with van der Waals surface area (Å²) in [4.78, 5) is 19.8. The van der Waals surface area contributed by atoms with Crippen LogP contribution in [0.25, 0.3) is 15.5 Å². The van der Waals surface area contributed by atoms with Crippen LogP contribution in [0, 0.1) is 12.7 Å². The number of nitrogens with zero attached hydrogens (tertiary/aromatic N) is 5. The number of aryl methyl sites for hydroxylation is 1. The first-order valence-corrected chi connectivity index (χ1v) is 13.5. The van der Waals surface area contributed by atoms with Crippen LogP contribution in [0.5, 0.6) is 0 Å². The van der Waals surface area contributed by atoms with Crippen LogP contribution in [0.3, 0.4) is 0 Å². The van der Waals surface area contributed by atoms with Gasteiger partial charge in [0.05, 0.1) is 15.6 Å². The van der Waals surface area contributed by atoms with Crippen molar-refractivity contribution in [2.75, 3.05) is 26.2 Å². The lowest BCUT2D eigenvalue weighted by atomic mass is 10.1. The molecule has 2 aromatic carbocycles. The summed E-state index contributed by atoms with van der Waals surface area (Å²) in [5.41, 5.74) is 2.39. The minimum absolute atomic E-state index is 0.0351. The molecule has 182 valence electrons. The Hall–Kier alpha value is -2.70. The van der Waals surface area contributed by atoms with Crippen molar-refractivity contribution >= 4 is 37.9 Å². The molecule has 0 spiro atoms. The summed E-state index contributed by atoms with van der Waals surface area (Å²) in [6.45, 7) is 3.87. The first-order chi connectivity index (χ1) is 16.7. The van der Waals surface area contributed by atoms with Gasteiger partial charge in [0.1, 0.15) is 10.8 Å². The predicted molar refractivity (Wildman–Crippen MR) is 133 cm³/mol. The highest BCUT2D eigenvalue weighted by Crippen LogP contribution is 2.26. The van der Waals surface area contributed by atoms with Crippen molar-refractivity contribution in [1.82, 2.24) is 23.8 Å². The molecule has 0 atom stereocenters. The van der Waals surface area contributed by atoms with Gasteiger partial charge in [-0.15, -0.1) is 0 Å². The Balaban J connectivity index is 1.30. The molecule has 0 unspecified atom stereocenters. The fraction of sp³-hybridized carbons (Fsp3) is 0.261. The van der Waals surface area contributed by atoms with E-state index in [1.54, 1.807) is 0 Å². The van der Waals surface area contributed by atoms with Gasteiger partial charge < -0.3 is 0 Å². The number of sulfonamides is 1. The largest absolute Gasteiger partial charge is 0.295 e. The topological polar surface area (TPSA) is 87.9 Å². The van der Waals surface area contributed by atoms with Crippen LogP contribution in [-0.2, 0) is 16.6 Å². The summed E-state index contributed by atoms with van der Waals surface area (Å²) in [7, 11) is -3.78. The number of hydrogen-bond acceptors (Lipinski definition) is 7. The molecule has 4 aromatic rings. The fourth-order valence-electron chi connectivity index (χ4n) is 3.98. The van der Waals surface area contributed by atoms with E-state index in [0.29, 0.717) is 30.3 Å². The van der Waals surface area contributed by atoms with Gasteiger partial charge in [-0.05, 0) is 31.2 Å². The molecule has 0 aliphatic carbocycles. The number of halogens is 2. The molecule has 5 rings (SSSR count). The first kappa shape index (κ1) is 24.0. The Morgan fingerprint density at radius 1 is 1.09 bits per heavy atom. The van der Waals surface area contributed by atoms with Crippen LogP contribution in [-0.4, -0.2) is 58.4 Å². The normalized spacial score (nSPS) is 15.6. The number of fused-ring (bicyclic) bond motifs is 1. The molecule has 0 N–H and O–H groups in total. The summed E-state index contributed by atoms with van der Waals surface area (Å²) in [5.74, 6) is -0.664. The molecule has 8 nitrogen and oxygen atoms in total. The number of benzene rings is 2. The molecule has 3 heterocycles. The van der Waals surface area contributed by atoms with Crippen LogP contribution in [0.1, 0.15) is 11.3 Å². The zero-order valence-corrected chi connectivity index (χ0v) is 21.1. The second-order valence-corrected chi connectivity index (χ2v) is 11.6. The number of rotatable bonds is 5. The fourth-order valence-corrected chi connectivity index (χ4v) is 6.59. The van der Waals surface area contributed by atoms with E-state index in [1.807, 2.05) is 36.1 Å². The average Bonchev–Trinajstić information content (AvgIpc) is 3.26. The lowest BCUT2D eigenvalue weighted by molar-refractivity contribution is 0.180. The molecule has 2 aromatic heterocycles. The van der Waals surface area contributed by atoms with Gasteiger partial charge in [-0.3, -0.25) is 9.69 Å². The average molecular weight is 534 g/mol. The minimum Gasteiger partial charge on any atom is -0.295 e. The molecule has 1 aliphatic rings. The second kappa shape index (κ2) is 9.40. The van der Waals surface area contributed by atoms with E-state index in [-0.39, 0.29) is 28.6 Å². The van der Waals surface area contributed by atoms with Crippen molar-refractivity contribution < 1.29 is 12.8 Å². The van der Waals surface area contributed by atoms with Crippen molar-refractivity contribution in [3.8, 4) is 10.6 Å². The standard InChI is InChI=1S/C23H21ClFN5O3S2/c1-15-3-2-4-16(11-15)22-27-30-21(31)12-17(26-23(30)34-22)14-28-7-9-29(10-8-28)35(32,33)18-5-6-20(25)19(24)13-18/h2-6,11-13H,7-10,14H2,1H3. The molecule has 12 heteroatoms. The Bertz CT molecular complexity index is 1580. The lowest BCUT2D eigenvalue weighted by Gasteiger charge is -2.33. The summed E-state index contributed by atoms with van der Waals surface area (Å²) < 4.78 is 41.9. The Kier molecular flexibility index (Phi) is 6.45. The highest BCUT2D eigenvalue weighted by Gasteiger charge is 2.29. The highest BCUT2D eigenvalue weighted by molar-refractivity contribution is 7.89. The van der Waals surface area contributed by atoms with Crippen LogP contribution in [0.4, 0.5) is 4.39 Å². The maximum absolute atomic E-state index is 13.4. The van der Waals surface area contributed by atoms with Crippen molar-refractivity contribution in [1.29, 1.82) is 0 Å². The third kappa shape index (κ3) is 4.87. The Labute approximate surface area is 210 Å². The summed E-state index contributed by atoms with van der Waals surface area (Å²) >= 11 is 7.12. The van der Waals surface area contributed by atoms with Crippen molar-refractivity contribution in [3.05, 3.63) is 81.0 Å². The van der Waals surface area contributed by atoms with Crippen molar-refractivity contribution in [2.24, 2.45) is 0 Å². The van der Waals surface area contributed by atoms with Gasteiger partial charge >= 0.3 is 0 Å². The van der Waals surface area contributed by atoms with E-state index < -0.39 is 15.8 Å². The van der Waals surface area contributed by atoms with Crippen LogP contribution in [0.15, 0.2) is 58.2 Å². The van der Waals surface area contributed by atoms with Crippen molar-refractivity contribution in [2.45, 2.75) is 18.4 Å². The maximum atomic E-state index is 13.4. The van der Waals surface area contributed by atoms with E-state index in [2.05, 4.69) is 10.1 Å². The van der Waals surface area contributed by atoms with E-state index in [4.69, 9.17) is 11.6 Å². The van der Waals surface area contributed by atoms with Gasteiger partial charge in [0.15, 0.2) is 0 Å². The molecule has 35 heavy (non-hydrogen) atoms. The molecule has 0 radical (unpaired) electrons. The summed E-state index contributed by atoms with van der Waals surface area (Å²) in [6, 6.07) is 12.8. The predicted octanol–water partition coefficient (Wildman–Crippen LogP) is 3.43. The summed E-state index contributed by atoms with van der Waals surface area (Å²) in [6.07, 6.45) is 0. The molecule has 1 saturated heterocycles. The third-order valence-corrected chi connectivity index (χ3v) is 8.95. The van der Waals surface area contributed by atoms with E-state index >= 15 is 0 Å². The molecule has 0 saturated carbocycles. The molecule has 0 bridgehead atoms. The first-order valence-electron chi connectivity index (χ1n) is 10.8. The smallest absolute Gasteiger partial charge is 0.275 e. The summed E-state index contributed by atoms with van der Waals surface area (Å²) in [5, 5.41) is 4.92. The van der Waals surface area contributed by atoms with Gasteiger partial charge in [-0.1, -0.05) is 46.7 Å². The van der Waals surface area contributed by atoms with Crippen LogP contribution < -0.4 is 5.56 Å². The molecular weight excluding hydrogens is 513 g/mol. The van der Waals surface area contributed by atoms with Crippen LogP contribution >= 0.6 is 22.9 Å². The van der Waals surface area contributed by atoms with Crippen molar-refractivity contribution in [3.63, 3.8) is 0 Å². The third-order valence-electron chi connectivity index (χ3n) is 5.81. The van der Waals surface area contributed by atoms with E-state index in [0.717, 1.165) is 28.3 Å². The monoisotopic (exact) mass is 533 g/mol. The molecule has 1 fully saturated rings. The van der Waals surface area contributed by atoms with E-state index in [1.165, 1.54) is 32.3 Å². The minimum atomic E-state index is -3.78. The van der Waals surface area contributed by atoms with Gasteiger partial charge in [0.25, 0.3) is 5.56 Å². The zero-order valence-electron chi connectivity index (χ0n) is 18.7. The second-order valence-electron chi connectivity index (χ2n) is 8.31. The number of hydrogen-bond donors (Lipinski definition) is 0. The number of aromatic nitrogens is 3. The Morgan fingerprint density at radius 2 is 1.86 bits per heavy atom. The zero-order chi connectivity index (χ0) is 24.7.